The summed E-state index contributed by atoms with van der Waals surface area (Å²) in [6, 6.07) is 13.6. The van der Waals surface area contributed by atoms with Crippen LogP contribution in [0, 0.1) is 0 Å². The van der Waals surface area contributed by atoms with E-state index < -0.39 is 16.0 Å². The highest BCUT2D eigenvalue weighted by atomic mass is 32.2. The van der Waals surface area contributed by atoms with Crippen LogP contribution in [0.5, 0.6) is 0 Å². The van der Waals surface area contributed by atoms with Crippen molar-refractivity contribution in [2.45, 2.75) is 4.90 Å². The number of sulfonamides is 1. The molecule has 2 rings (SSSR count). The Kier molecular flexibility index (Phi) is 3.95. The smallest absolute Gasteiger partial charge is 0.335 e. The number of hydrogen-bond donors (Lipinski definition) is 1. The quantitative estimate of drug-likeness (QED) is 0.874. The second-order valence-corrected chi connectivity index (χ2v) is 5.58. The topological polar surface area (TPSA) is 83.8 Å². The van der Waals surface area contributed by atoms with Crippen LogP contribution in [-0.4, -0.2) is 25.7 Å². The van der Waals surface area contributed by atoms with Crippen LogP contribution in [0.1, 0.15) is 15.9 Å². The van der Waals surface area contributed by atoms with E-state index in [2.05, 4.69) is 4.40 Å². The fraction of sp³-hybridized carbons (Fsp3) is 0. The van der Waals surface area contributed by atoms with Crippen LogP contribution >= 0.6 is 0 Å². The standard InChI is InChI=1S/C14H11NO4S/c16-14(17)12-8-6-11(7-9-12)10-15-20(18,19)13-4-2-1-3-5-13/h1-10H,(H,16,17)/b15-10+. The molecular formula is C14H11NO4S. The van der Waals surface area contributed by atoms with E-state index in [9.17, 15) is 13.2 Å². The molecule has 0 aliphatic heterocycles. The van der Waals surface area contributed by atoms with Crippen LogP contribution in [0.3, 0.4) is 0 Å². The van der Waals surface area contributed by atoms with Crippen molar-refractivity contribution in [1.29, 1.82) is 0 Å². The molecule has 0 aliphatic rings. The van der Waals surface area contributed by atoms with Gasteiger partial charge in [-0.3, -0.25) is 0 Å². The Balaban J connectivity index is 2.23. The van der Waals surface area contributed by atoms with E-state index in [-0.39, 0.29) is 10.5 Å². The number of benzene rings is 2. The highest BCUT2D eigenvalue weighted by molar-refractivity contribution is 7.90. The van der Waals surface area contributed by atoms with Crippen molar-refractivity contribution in [2.75, 3.05) is 0 Å². The van der Waals surface area contributed by atoms with Gasteiger partial charge in [-0.15, -0.1) is 0 Å². The molecule has 0 aliphatic carbocycles. The summed E-state index contributed by atoms with van der Waals surface area (Å²) < 4.78 is 27.3. The zero-order chi connectivity index (χ0) is 14.6. The molecule has 0 aromatic heterocycles. The lowest BCUT2D eigenvalue weighted by Crippen LogP contribution is -1.98. The van der Waals surface area contributed by atoms with Gasteiger partial charge in [0, 0.05) is 6.21 Å². The van der Waals surface area contributed by atoms with Crippen molar-refractivity contribution in [3.63, 3.8) is 0 Å². The summed E-state index contributed by atoms with van der Waals surface area (Å²) in [5.74, 6) is -1.04. The predicted octanol–water partition coefficient (Wildman–Crippen LogP) is 2.19. The summed E-state index contributed by atoms with van der Waals surface area (Å²) >= 11 is 0. The third kappa shape index (κ3) is 3.30. The number of carbonyl (C=O) groups is 1. The van der Waals surface area contributed by atoms with Crippen LogP contribution in [-0.2, 0) is 10.0 Å². The second kappa shape index (κ2) is 5.66. The molecule has 0 radical (unpaired) electrons. The maximum absolute atomic E-state index is 11.9. The molecule has 5 nitrogen and oxygen atoms in total. The number of carboxylic acids is 1. The van der Waals surface area contributed by atoms with Crippen molar-refractivity contribution in [2.24, 2.45) is 4.40 Å². The van der Waals surface area contributed by atoms with Crippen molar-refractivity contribution < 1.29 is 18.3 Å². The van der Waals surface area contributed by atoms with Gasteiger partial charge in [-0.1, -0.05) is 30.3 Å². The van der Waals surface area contributed by atoms with E-state index in [4.69, 9.17) is 5.11 Å². The van der Waals surface area contributed by atoms with Crippen molar-refractivity contribution in [1.82, 2.24) is 0 Å². The van der Waals surface area contributed by atoms with Crippen molar-refractivity contribution in [3.8, 4) is 0 Å². The Morgan fingerprint density at radius 1 is 1.00 bits per heavy atom. The van der Waals surface area contributed by atoms with Gasteiger partial charge in [0.05, 0.1) is 10.5 Å². The molecule has 0 heterocycles. The average molecular weight is 289 g/mol. The molecule has 0 atom stereocenters. The zero-order valence-corrected chi connectivity index (χ0v) is 11.1. The van der Waals surface area contributed by atoms with Gasteiger partial charge in [-0.2, -0.15) is 12.8 Å². The maximum Gasteiger partial charge on any atom is 0.335 e. The summed E-state index contributed by atoms with van der Waals surface area (Å²) in [7, 11) is -3.73. The Morgan fingerprint density at radius 3 is 2.15 bits per heavy atom. The molecule has 0 bridgehead atoms. The summed E-state index contributed by atoms with van der Waals surface area (Å²) in [5.41, 5.74) is 0.641. The molecule has 2 aromatic carbocycles. The Morgan fingerprint density at radius 2 is 1.60 bits per heavy atom. The molecular weight excluding hydrogens is 278 g/mol. The van der Waals surface area contributed by atoms with Gasteiger partial charge in [0.1, 0.15) is 0 Å². The SMILES string of the molecule is O=C(O)c1ccc(/C=N/S(=O)(=O)c2ccccc2)cc1. The Bertz CT molecular complexity index is 735. The molecule has 0 fully saturated rings. The first-order valence-electron chi connectivity index (χ1n) is 5.68. The molecule has 0 amide bonds. The fourth-order valence-corrected chi connectivity index (χ4v) is 2.38. The van der Waals surface area contributed by atoms with Crippen LogP contribution < -0.4 is 0 Å². The molecule has 0 saturated carbocycles. The Hall–Kier alpha value is -2.47. The molecule has 0 spiro atoms. The van der Waals surface area contributed by atoms with Gasteiger partial charge < -0.3 is 5.11 Å². The minimum Gasteiger partial charge on any atom is -0.478 e. The first kappa shape index (κ1) is 14.0. The minimum absolute atomic E-state index is 0.110. The highest BCUT2D eigenvalue weighted by Gasteiger charge is 2.10. The van der Waals surface area contributed by atoms with Crippen molar-refractivity contribution >= 4 is 22.2 Å². The number of rotatable bonds is 4. The Labute approximate surface area is 116 Å². The van der Waals surface area contributed by atoms with Crippen LogP contribution in [0.4, 0.5) is 0 Å². The number of carboxylic acid groups (broad SMARTS) is 1. The molecule has 0 unspecified atom stereocenters. The molecule has 0 saturated heterocycles. The summed E-state index contributed by atoms with van der Waals surface area (Å²) in [6.07, 6.45) is 1.19. The van der Waals surface area contributed by atoms with Gasteiger partial charge in [-0.05, 0) is 29.8 Å². The first-order valence-corrected chi connectivity index (χ1v) is 7.12. The van der Waals surface area contributed by atoms with E-state index in [0.29, 0.717) is 5.56 Å². The lowest BCUT2D eigenvalue weighted by molar-refractivity contribution is 0.0697. The molecule has 102 valence electrons. The van der Waals surface area contributed by atoms with Gasteiger partial charge >= 0.3 is 5.97 Å². The monoisotopic (exact) mass is 289 g/mol. The maximum atomic E-state index is 11.9. The zero-order valence-electron chi connectivity index (χ0n) is 10.3. The molecule has 6 heteroatoms. The van der Waals surface area contributed by atoms with Gasteiger partial charge in [0.15, 0.2) is 0 Å². The summed E-state index contributed by atoms with van der Waals surface area (Å²) in [5, 5.41) is 8.75. The average Bonchev–Trinajstić information content (AvgIpc) is 2.46. The number of nitrogens with zero attached hydrogens (tertiary/aromatic N) is 1. The fourth-order valence-electron chi connectivity index (χ4n) is 1.50. The summed E-state index contributed by atoms with van der Waals surface area (Å²) in [6.45, 7) is 0. The van der Waals surface area contributed by atoms with E-state index in [1.165, 1.54) is 42.6 Å². The largest absolute Gasteiger partial charge is 0.478 e. The van der Waals surface area contributed by atoms with E-state index in [1.807, 2.05) is 0 Å². The minimum atomic E-state index is -3.73. The van der Waals surface area contributed by atoms with Crippen molar-refractivity contribution in [3.05, 3.63) is 65.7 Å². The molecule has 2 aromatic rings. The highest BCUT2D eigenvalue weighted by Crippen LogP contribution is 2.11. The van der Waals surface area contributed by atoms with E-state index in [1.54, 1.807) is 18.2 Å². The second-order valence-electron chi connectivity index (χ2n) is 3.95. The number of hydrogen-bond acceptors (Lipinski definition) is 3. The van der Waals surface area contributed by atoms with E-state index >= 15 is 0 Å². The normalized spacial score (nSPS) is 11.6. The van der Waals surface area contributed by atoms with Gasteiger partial charge in [-0.25, -0.2) is 4.79 Å². The number of aromatic carboxylic acids is 1. The first-order chi connectivity index (χ1) is 9.49. The molecule has 20 heavy (non-hydrogen) atoms. The third-order valence-electron chi connectivity index (χ3n) is 2.54. The van der Waals surface area contributed by atoms with Crippen LogP contribution in [0.15, 0.2) is 63.9 Å². The molecule has 1 N–H and O–H groups in total. The van der Waals surface area contributed by atoms with Crippen LogP contribution in [0.25, 0.3) is 0 Å². The summed E-state index contributed by atoms with van der Waals surface area (Å²) in [4.78, 5) is 10.8. The van der Waals surface area contributed by atoms with Gasteiger partial charge in [0.2, 0.25) is 0 Å². The lowest BCUT2D eigenvalue weighted by Gasteiger charge is -1.98. The lowest BCUT2D eigenvalue weighted by atomic mass is 10.1. The van der Waals surface area contributed by atoms with Gasteiger partial charge in [0.25, 0.3) is 10.0 Å². The predicted molar refractivity (Wildman–Crippen MR) is 74.6 cm³/mol. The van der Waals surface area contributed by atoms with E-state index in [0.717, 1.165) is 0 Å². The third-order valence-corrected chi connectivity index (χ3v) is 3.79. The van der Waals surface area contributed by atoms with Crippen LogP contribution in [0.2, 0.25) is 0 Å².